The van der Waals surface area contributed by atoms with Crippen LogP contribution in [0.1, 0.15) is 106 Å². The highest BCUT2D eigenvalue weighted by atomic mass is 16.7. The third-order valence-electron chi connectivity index (χ3n) is 14.5. The van der Waals surface area contributed by atoms with Gasteiger partial charge in [-0.2, -0.15) is 0 Å². The minimum atomic E-state index is -1.83. The molecule has 18 atom stereocenters. The van der Waals surface area contributed by atoms with Crippen LogP contribution in [-0.2, 0) is 46.2 Å². The number of carbonyl (C=O) groups is 1. The number of methoxy groups -OCH3 is 1. The number of rotatable bonds is 12. The van der Waals surface area contributed by atoms with E-state index in [-0.39, 0.29) is 31.3 Å². The number of esters is 1. The predicted molar refractivity (Wildman–Crippen MR) is 240 cm³/mol. The van der Waals surface area contributed by atoms with E-state index in [1.807, 2.05) is 58.1 Å². The summed E-state index contributed by atoms with van der Waals surface area (Å²) in [6.07, 6.45) is -2.88. The lowest BCUT2D eigenvalue weighted by Crippen LogP contribution is -2.61. The van der Waals surface area contributed by atoms with Gasteiger partial charge < -0.3 is 63.8 Å². The van der Waals surface area contributed by atoms with Crippen molar-refractivity contribution in [1.82, 2.24) is 29.8 Å². The van der Waals surface area contributed by atoms with Crippen LogP contribution in [0.5, 0.6) is 0 Å². The third-order valence-corrected chi connectivity index (χ3v) is 14.5. The summed E-state index contributed by atoms with van der Waals surface area (Å²) >= 11 is 0. The van der Waals surface area contributed by atoms with Crippen molar-refractivity contribution in [1.29, 1.82) is 0 Å². The molecule has 0 saturated carbocycles. The van der Waals surface area contributed by atoms with Crippen molar-refractivity contribution in [3.63, 3.8) is 0 Å². The van der Waals surface area contributed by atoms with Gasteiger partial charge in [0.25, 0.3) is 0 Å². The Morgan fingerprint density at radius 2 is 1.65 bits per heavy atom. The number of hydrogen-bond donors (Lipinski definition) is 5. The monoisotopic (exact) mass is 921 g/mol. The van der Waals surface area contributed by atoms with Crippen LogP contribution in [0.4, 0.5) is 0 Å². The van der Waals surface area contributed by atoms with E-state index >= 15 is 0 Å². The highest BCUT2D eigenvalue weighted by molar-refractivity contribution is 5.73. The zero-order chi connectivity index (χ0) is 48.2. The highest BCUT2D eigenvalue weighted by Crippen LogP contribution is 2.40. The van der Waals surface area contributed by atoms with E-state index in [4.69, 9.17) is 28.4 Å². The molecule has 65 heavy (non-hydrogen) atoms. The van der Waals surface area contributed by atoms with Gasteiger partial charge in [0.15, 0.2) is 12.6 Å². The molecule has 18 heteroatoms. The molecule has 0 amide bonds. The van der Waals surface area contributed by atoms with E-state index < -0.39 is 102 Å². The average Bonchev–Trinajstić information content (AvgIpc) is 3.71. The molecule has 2 aromatic rings. The smallest absolute Gasteiger partial charge is 0.311 e. The molecule has 0 radical (unpaired) electrons. The number of likely N-dealkylation sites (N-methyl/N-ethyl adjacent to an activating group) is 2. The molecule has 0 spiro atoms. The van der Waals surface area contributed by atoms with Gasteiger partial charge >= 0.3 is 5.97 Å². The number of nitrogens with zero attached hydrogens (tertiary/aromatic N) is 6. The van der Waals surface area contributed by atoms with Crippen molar-refractivity contribution in [3.05, 3.63) is 42.0 Å². The second-order valence-electron chi connectivity index (χ2n) is 20.2. The van der Waals surface area contributed by atoms with E-state index in [0.717, 1.165) is 11.3 Å². The lowest BCUT2D eigenvalue weighted by Gasteiger charge is -2.49. The number of carbonyl (C=O) groups excluding carboxylic acids is 1. The van der Waals surface area contributed by atoms with E-state index in [1.165, 1.54) is 14.0 Å². The summed E-state index contributed by atoms with van der Waals surface area (Å²) in [5, 5.41) is 68.1. The summed E-state index contributed by atoms with van der Waals surface area (Å²) in [5.74, 6) is -2.73. The second kappa shape index (κ2) is 22.1. The predicted octanol–water partition coefficient (Wildman–Crippen LogP) is 2.55. The summed E-state index contributed by atoms with van der Waals surface area (Å²) < 4.78 is 40.0. The van der Waals surface area contributed by atoms with Crippen LogP contribution in [0.25, 0.3) is 0 Å². The van der Waals surface area contributed by atoms with Crippen molar-refractivity contribution >= 4 is 5.97 Å². The molecule has 3 aliphatic heterocycles. The Bertz CT molecular complexity index is 1790. The zero-order valence-electron chi connectivity index (χ0n) is 41.0. The fraction of sp³-hybridized carbons (Fsp3) is 0.830. The molecule has 0 bridgehead atoms. The van der Waals surface area contributed by atoms with Crippen molar-refractivity contribution in [2.75, 3.05) is 34.3 Å². The average molecular weight is 921 g/mol. The second-order valence-corrected chi connectivity index (χ2v) is 20.2. The van der Waals surface area contributed by atoms with Gasteiger partial charge in [-0.05, 0) is 105 Å². The number of aliphatic hydroxyl groups excluding tert-OH is 3. The molecule has 18 nitrogen and oxygen atoms in total. The van der Waals surface area contributed by atoms with E-state index in [1.54, 1.807) is 58.6 Å². The van der Waals surface area contributed by atoms with Crippen LogP contribution in [-0.4, -0.2) is 186 Å². The lowest BCUT2D eigenvalue weighted by molar-refractivity contribution is -0.318. The molecular weight excluding hydrogens is 841 g/mol. The number of cyclic esters (lactones) is 1. The van der Waals surface area contributed by atoms with Crippen LogP contribution in [0.2, 0.25) is 0 Å². The quantitative estimate of drug-likeness (QED) is 0.193. The molecule has 370 valence electrons. The maximum atomic E-state index is 14.4. The molecule has 0 aromatic carbocycles. The summed E-state index contributed by atoms with van der Waals surface area (Å²) in [5.41, 5.74) is -2.63. The van der Waals surface area contributed by atoms with Gasteiger partial charge in [-0.25, -0.2) is 4.68 Å². The molecule has 2 aromatic heterocycles. The standard InChI is InChI=1S/C47H80N6O12/c1-14-36-47(10,59)40(55)31(6)52(12)24-27(2)22-45(8,58)42(29(4)39(30(5)43(57)63-36)64-37-23-46(9,60-13)41(56)32(7)62-37)65-44-38(54)35(21-28(3)61-44)51(11)20-17-34-26-53(50-49-34)25-33-15-18-48-19-16-33/h15-16,18-19,26-32,35-42,44,54-56,58-59H,14,17,20-25H2,1-13H3/t27-,28-,29+,30-,31-,32+,35+,36-,37+,38-,39+,40-,41+,42-,44+,45-,46-,47-/m1/s1. The first-order valence-corrected chi connectivity index (χ1v) is 23.5. The highest BCUT2D eigenvalue weighted by Gasteiger charge is 2.53. The van der Waals surface area contributed by atoms with Gasteiger partial charge in [0.2, 0.25) is 0 Å². The van der Waals surface area contributed by atoms with Gasteiger partial charge in [0.05, 0.1) is 53.8 Å². The molecule has 5 heterocycles. The normalized spacial score (nSPS) is 42.0. The molecule has 5 rings (SSSR count). The Kier molecular flexibility index (Phi) is 18.1. The van der Waals surface area contributed by atoms with Crippen LogP contribution >= 0.6 is 0 Å². The maximum Gasteiger partial charge on any atom is 0.311 e. The van der Waals surface area contributed by atoms with E-state index in [9.17, 15) is 30.3 Å². The van der Waals surface area contributed by atoms with E-state index in [2.05, 4.69) is 20.2 Å². The molecule has 3 fully saturated rings. The SMILES string of the molecule is CC[C@H]1OC(=O)[C@H](C)[C@@H](O[C@H]2C[C@@](C)(OC)[C@@H](O)[C@H](C)O2)[C@H](C)[C@@H](O[C@@H]2O[C@H](C)C[C@H](N(C)CCc3cn(Cc4ccncc4)nn3)[C@H]2O)[C@](C)(O)C[C@@H](C)CN(C)[C@H](C)[C@@H](O)[C@]1(C)O. The Labute approximate surface area is 385 Å². The zero-order valence-corrected chi connectivity index (χ0v) is 41.0. The third kappa shape index (κ3) is 12.7. The van der Waals surface area contributed by atoms with Crippen molar-refractivity contribution < 1.29 is 58.7 Å². The van der Waals surface area contributed by atoms with Gasteiger partial charge in [-0.3, -0.25) is 9.78 Å². The number of ether oxygens (including phenoxy) is 6. The Morgan fingerprint density at radius 3 is 2.29 bits per heavy atom. The van der Waals surface area contributed by atoms with Crippen molar-refractivity contribution in [2.45, 2.75) is 198 Å². The number of aromatic nitrogens is 4. The summed E-state index contributed by atoms with van der Waals surface area (Å²) in [4.78, 5) is 22.5. The van der Waals surface area contributed by atoms with Gasteiger partial charge in [-0.1, -0.05) is 26.0 Å². The summed E-state index contributed by atoms with van der Waals surface area (Å²) in [6, 6.07) is 2.91. The van der Waals surface area contributed by atoms with E-state index in [0.29, 0.717) is 32.5 Å². The van der Waals surface area contributed by atoms with Crippen molar-refractivity contribution in [2.24, 2.45) is 17.8 Å². The van der Waals surface area contributed by atoms with Crippen LogP contribution in [0.3, 0.4) is 0 Å². The first-order chi connectivity index (χ1) is 30.4. The maximum absolute atomic E-state index is 14.4. The minimum Gasteiger partial charge on any atom is -0.459 e. The Balaban J connectivity index is 1.47. The van der Waals surface area contributed by atoms with Gasteiger partial charge in [0, 0.05) is 69.6 Å². The summed E-state index contributed by atoms with van der Waals surface area (Å²) in [6.45, 7) is 19.2. The minimum absolute atomic E-state index is 0.110. The fourth-order valence-corrected chi connectivity index (χ4v) is 10.3. The molecule has 0 unspecified atom stereocenters. The van der Waals surface area contributed by atoms with Crippen LogP contribution in [0.15, 0.2) is 30.7 Å². The number of pyridine rings is 1. The molecule has 5 N–H and O–H groups in total. The first kappa shape index (κ1) is 53.2. The number of hydrogen-bond acceptors (Lipinski definition) is 17. The van der Waals surface area contributed by atoms with Gasteiger partial charge in [-0.15, -0.1) is 5.10 Å². The lowest BCUT2D eigenvalue weighted by atomic mass is 9.77. The Hall–Kier alpha value is -2.72. The molecule has 3 saturated heterocycles. The van der Waals surface area contributed by atoms with Crippen LogP contribution in [0, 0.1) is 17.8 Å². The molecule has 3 aliphatic rings. The first-order valence-electron chi connectivity index (χ1n) is 23.5. The van der Waals surface area contributed by atoms with Crippen LogP contribution < -0.4 is 0 Å². The topological polar surface area (TPSA) is 224 Å². The molecular formula is C47H80N6O12. The number of aliphatic hydroxyl groups is 5. The van der Waals surface area contributed by atoms with Crippen molar-refractivity contribution in [3.8, 4) is 0 Å². The Morgan fingerprint density at radius 1 is 0.969 bits per heavy atom. The molecule has 0 aliphatic carbocycles. The summed E-state index contributed by atoms with van der Waals surface area (Å²) in [7, 11) is 5.29. The largest absolute Gasteiger partial charge is 0.459 e. The van der Waals surface area contributed by atoms with Gasteiger partial charge in [0.1, 0.15) is 30.0 Å². The fourth-order valence-electron chi connectivity index (χ4n) is 10.3.